The maximum absolute atomic E-state index is 12.9. The van der Waals surface area contributed by atoms with Crippen molar-refractivity contribution < 1.29 is 4.79 Å². The smallest absolute Gasteiger partial charge is 0.273 e. The first-order valence-corrected chi connectivity index (χ1v) is 10.8. The number of fused-ring (bicyclic) bond motifs is 2. The average Bonchev–Trinajstić information content (AvgIpc) is 3.31. The predicted molar refractivity (Wildman–Crippen MR) is 121 cm³/mol. The quantitative estimate of drug-likeness (QED) is 0.460. The number of anilines is 2. The van der Waals surface area contributed by atoms with Gasteiger partial charge in [0.1, 0.15) is 5.69 Å². The summed E-state index contributed by atoms with van der Waals surface area (Å²) in [5, 5.41) is 6.52. The predicted octanol–water partition coefficient (Wildman–Crippen LogP) is 5.71. The normalized spacial score (nSPS) is 13.5. The molecule has 0 saturated carbocycles. The number of benzene rings is 2. The molecule has 0 unspecified atom stereocenters. The summed E-state index contributed by atoms with van der Waals surface area (Å²) in [6.45, 7) is 1.96. The number of hydrogen-bond donors (Lipinski definition) is 1. The monoisotopic (exact) mass is 421 g/mol. The maximum Gasteiger partial charge on any atom is 0.273 e. The second-order valence-corrected chi connectivity index (χ2v) is 8.66. The number of thiophene rings is 1. The Morgan fingerprint density at radius 2 is 1.90 bits per heavy atom. The number of carbonyl (C=O) groups excluding carboxylic acids is 1. The Hall–Kier alpha value is -2.76. The van der Waals surface area contributed by atoms with E-state index in [0.717, 1.165) is 36.1 Å². The van der Waals surface area contributed by atoms with Crippen molar-refractivity contribution in [1.82, 2.24) is 4.57 Å². The topological polar surface area (TPSA) is 37.3 Å². The van der Waals surface area contributed by atoms with Crippen LogP contribution in [0.4, 0.5) is 11.4 Å². The highest BCUT2D eigenvalue weighted by molar-refractivity contribution is 7.10. The van der Waals surface area contributed by atoms with Crippen molar-refractivity contribution in [3.63, 3.8) is 0 Å². The van der Waals surface area contributed by atoms with Crippen molar-refractivity contribution in [3.05, 3.63) is 81.1 Å². The van der Waals surface area contributed by atoms with E-state index in [0.29, 0.717) is 10.7 Å². The largest absolute Gasteiger partial charge is 0.367 e. The highest BCUT2D eigenvalue weighted by Crippen LogP contribution is 2.31. The first-order valence-electron chi connectivity index (χ1n) is 9.56. The fourth-order valence-electron chi connectivity index (χ4n) is 4.01. The molecular weight excluding hydrogens is 402 g/mol. The van der Waals surface area contributed by atoms with E-state index in [2.05, 4.69) is 33.8 Å². The lowest BCUT2D eigenvalue weighted by Gasteiger charge is -2.29. The van der Waals surface area contributed by atoms with E-state index in [1.54, 1.807) is 0 Å². The van der Waals surface area contributed by atoms with Gasteiger partial charge in [-0.2, -0.15) is 0 Å². The number of halogens is 1. The van der Waals surface area contributed by atoms with Crippen LogP contribution >= 0.6 is 22.9 Å². The number of aryl methyl sites for hydroxylation is 1. The summed E-state index contributed by atoms with van der Waals surface area (Å²) >= 11 is 8.34. The second kappa shape index (κ2) is 7.25. The van der Waals surface area contributed by atoms with Gasteiger partial charge in [-0.1, -0.05) is 29.8 Å². The fourth-order valence-corrected chi connectivity index (χ4v) is 5.28. The molecule has 0 spiro atoms. The van der Waals surface area contributed by atoms with Gasteiger partial charge in [-0.25, -0.2) is 0 Å². The van der Waals surface area contributed by atoms with Crippen molar-refractivity contribution in [3.8, 4) is 0 Å². The highest BCUT2D eigenvalue weighted by Gasteiger charge is 2.20. The van der Waals surface area contributed by atoms with Crippen LogP contribution in [0.1, 0.15) is 20.9 Å². The molecule has 1 amide bonds. The Bertz CT molecular complexity index is 1170. The zero-order valence-corrected chi connectivity index (χ0v) is 17.6. The molecule has 0 radical (unpaired) electrons. The van der Waals surface area contributed by atoms with E-state index < -0.39 is 0 Å². The van der Waals surface area contributed by atoms with E-state index >= 15 is 0 Å². The van der Waals surface area contributed by atoms with Gasteiger partial charge in [-0.3, -0.25) is 4.79 Å². The van der Waals surface area contributed by atoms with Crippen molar-refractivity contribution in [2.75, 3.05) is 16.8 Å². The SMILES string of the molecule is Cn1c(C(=O)Nc2ccc(N3CCc4sccc4C3)cc2)c(Cl)c2ccccc21. The molecule has 4 nitrogen and oxygen atoms in total. The first kappa shape index (κ1) is 18.3. The Balaban J connectivity index is 1.35. The molecule has 0 aliphatic carbocycles. The van der Waals surface area contributed by atoms with Gasteiger partial charge in [-0.15, -0.1) is 11.3 Å². The molecule has 1 aliphatic heterocycles. The molecule has 1 N–H and O–H groups in total. The number of aromatic nitrogens is 1. The maximum atomic E-state index is 12.9. The van der Waals surface area contributed by atoms with Crippen molar-refractivity contribution in [2.24, 2.45) is 7.05 Å². The summed E-state index contributed by atoms with van der Waals surface area (Å²) in [4.78, 5) is 16.8. The summed E-state index contributed by atoms with van der Waals surface area (Å²) in [5.74, 6) is -0.206. The van der Waals surface area contributed by atoms with Crippen LogP contribution in [-0.2, 0) is 20.0 Å². The summed E-state index contributed by atoms with van der Waals surface area (Å²) in [6, 6.07) is 18.0. The molecule has 6 heteroatoms. The van der Waals surface area contributed by atoms with E-state index in [1.807, 2.05) is 59.3 Å². The minimum Gasteiger partial charge on any atom is -0.367 e. The molecule has 2 aromatic carbocycles. The molecule has 5 rings (SSSR count). The number of nitrogens with one attached hydrogen (secondary N) is 1. The van der Waals surface area contributed by atoms with Gasteiger partial charge < -0.3 is 14.8 Å². The van der Waals surface area contributed by atoms with E-state index in [1.165, 1.54) is 16.1 Å². The lowest BCUT2D eigenvalue weighted by Crippen LogP contribution is -2.29. The zero-order valence-electron chi connectivity index (χ0n) is 16.0. The molecule has 29 heavy (non-hydrogen) atoms. The molecule has 3 heterocycles. The Kier molecular flexibility index (Phi) is 4.57. The van der Waals surface area contributed by atoms with Gasteiger partial charge in [-0.05, 0) is 53.8 Å². The van der Waals surface area contributed by atoms with Gasteiger partial charge >= 0.3 is 0 Å². The summed E-state index contributed by atoms with van der Waals surface area (Å²) in [6.07, 6.45) is 1.09. The molecule has 0 atom stereocenters. The standard InChI is InChI=1S/C23H20ClN3OS/c1-26-19-5-3-2-4-18(19)21(24)22(26)23(28)25-16-6-8-17(9-7-16)27-12-10-20-15(14-27)11-13-29-20/h2-9,11,13H,10,12,14H2,1H3,(H,25,28). The molecule has 2 aromatic heterocycles. The van der Waals surface area contributed by atoms with Crippen LogP contribution < -0.4 is 10.2 Å². The van der Waals surface area contributed by atoms with Crippen LogP contribution in [0.3, 0.4) is 0 Å². The van der Waals surface area contributed by atoms with Crippen LogP contribution in [0.25, 0.3) is 10.9 Å². The zero-order chi connectivity index (χ0) is 20.0. The van der Waals surface area contributed by atoms with E-state index in [-0.39, 0.29) is 5.91 Å². The van der Waals surface area contributed by atoms with Gasteiger partial charge in [0.15, 0.2) is 0 Å². The lowest BCUT2D eigenvalue weighted by molar-refractivity contribution is 0.102. The van der Waals surface area contributed by atoms with E-state index in [9.17, 15) is 4.79 Å². The third-order valence-electron chi connectivity index (χ3n) is 5.56. The van der Waals surface area contributed by atoms with Crippen molar-refractivity contribution in [1.29, 1.82) is 0 Å². The second-order valence-electron chi connectivity index (χ2n) is 7.28. The average molecular weight is 422 g/mol. The van der Waals surface area contributed by atoms with Crippen LogP contribution in [-0.4, -0.2) is 17.0 Å². The molecule has 0 bridgehead atoms. The lowest BCUT2D eigenvalue weighted by atomic mass is 10.1. The Labute approximate surface area is 178 Å². The van der Waals surface area contributed by atoms with Gasteiger partial charge in [0.25, 0.3) is 5.91 Å². The minimum absolute atomic E-state index is 0.206. The Morgan fingerprint density at radius 1 is 1.10 bits per heavy atom. The molecule has 0 saturated heterocycles. The molecule has 0 fully saturated rings. The Morgan fingerprint density at radius 3 is 2.69 bits per heavy atom. The molecule has 146 valence electrons. The number of hydrogen-bond acceptors (Lipinski definition) is 3. The summed E-state index contributed by atoms with van der Waals surface area (Å²) < 4.78 is 1.84. The number of nitrogens with zero attached hydrogens (tertiary/aromatic N) is 2. The first-order chi connectivity index (χ1) is 14.1. The third kappa shape index (κ3) is 3.20. The fraction of sp³-hybridized carbons (Fsp3) is 0.174. The molecule has 4 aromatic rings. The number of amides is 1. The van der Waals surface area contributed by atoms with Crippen molar-refractivity contribution in [2.45, 2.75) is 13.0 Å². The number of carbonyl (C=O) groups is 1. The molecular formula is C23H20ClN3OS. The van der Waals surface area contributed by atoms with Gasteiger partial charge in [0, 0.05) is 47.3 Å². The highest BCUT2D eigenvalue weighted by atomic mass is 35.5. The summed E-state index contributed by atoms with van der Waals surface area (Å²) in [5.41, 5.74) is 4.76. The van der Waals surface area contributed by atoms with E-state index in [4.69, 9.17) is 11.6 Å². The number of para-hydroxylation sites is 1. The third-order valence-corrected chi connectivity index (χ3v) is 6.96. The van der Waals surface area contributed by atoms with Gasteiger partial charge in [0.2, 0.25) is 0 Å². The van der Waals surface area contributed by atoms with Crippen LogP contribution in [0, 0.1) is 0 Å². The summed E-state index contributed by atoms with van der Waals surface area (Å²) in [7, 11) is 1.86. The van der Waals surface area contributed by atoms with Gasteiger partial charge in [0.05, 0.1) is 5.02 Å². The van der Waals surface area contributed by atoms with Crippen LogP contribution in [0.15, 0.2) is 60.0 Å². The molecule has 1 aliphatic rings. The van der Waals surface area contributed by atoms with Crippen LogP contribution in [0.2, 0.25) is 5.02 Å². The number of rotatable bonds is 3. The minimum atomic E-state index is -0.206. The van der Waals surface area contributed by atoms with Crippen molar-refractivity contribution >= 4 is 51.1 Å². The van der Waals surface area contributed by atoms with Crippen LogP contribution in [0.5, 0.6) is 0 Å².